The van der Waals surface area contributed by atoms with E-state index in [0.29, 0.717) is 9.13 Å². The number of hydrogen-bond donors (Lipinski definition) is 7. The van der Waals surface area contributed by atoms with Gasteiger partial charge in [0.05, 0.1) is 20.1 Å². The third-order valence-electron chi connectivity index (χ3n) is 4.53. The maximum absolute atomic E-state index is 12.8. The van der Waals surface area contributed by atoms with Gasteiger partial charge < -0.3 is 36.2 Å². The second-order valence-corrected chi connectivity index (χ2v) is 10.5. The van der Waals surface area contributed by atoms with E-state index in [1.165, 1.54) is 18.2 Å². The van der Waals surface area contributed by atoms with Gasteiger partial charge in [0.15, 0.2) is 0 Å². The van der Waals surface area contributed by atoms with Crippen LogP contribution in [0.5, 0.6) is 5.75 Å². The molecule has 190 valence electrons. The smallest absolute Gasteiger partial charge is 0.326 e. The van der Waals surface area contributed by atoms with Gasteiger partial charge in [-0.05, 0) is 40.3 Å². The lowest BCUT2D eigenvalue weighted by Gasteiger charge is -2.23. The summed E-state index contributed by atoms with van der Waals surface area (Å²) in [4.78, 5) is 47.7. The van der Waals surface area contributed by atoms with Gasteiger partial charge in [0, 0.05) is 18.6 Å². The maximum Gasteiger partial charge on any atom is 0.326 e. The zero-order valence-electron chi connectivity index (χ0n) is 17.5. The minimum absolute atomic E-state index is 0.0227. The first-order valence-electron chi connectivity index (χ1n) is 9.58. The lowest BCUT2D eigenvalue weighted by molar-refractivity contribution is -0.416. The van der Waals surface area contributed by atoms with E-state index in [1.807, 2.05) is 22.6 Å². The van der Waals surface area contributed by atoms with Crippen molar-refractivity contribution in [3.8, 4) is 5.75 Å². The highest BCUT2D eigenvalue weighted by atomic mass is 125. The average molecular weight is 631 g/mol. The fraction of sp³-hybridized carbons (Fsp3) is 0.444. The average Bonchev–Trinajstić information content (AvgIpc) is 2.71. The van der Waals surface area contributed by atoms with Crippen molar-refractivity contribution >= 4 is 69.1 Å². The van der Waals surface area contributed by atoms with Gasteiger partial charge in [-0.2, -0.15) is 12.6 Å². The molecule has 0 aliphatic carbocycles. The largest absolute Gasteiger partial charge is 0.748 e. The minimum atomic E-state index is -4.54. The summed E-state index contributed by atoms with van der Waals surface area (Å²) in [6, 6.07) is 0.291. The molecule has 0 aromatic heterocycles. The summed E-state index contributed by atoms with van der Waals surface area (Å²) in [5, 5.41) is 31.0. The highest BCUT2D eigenvalue weighted by Crippen LogP contribution is 2.21. The van der Waals surface area contributed by atoms with Crippen LogP contribution < -0.4 is 16.4 Å². The van der Waals surface area contributed by atoms with E-state index in [2.05, 4.69) is 29.0 Å². The molecule has 0 aliphatic rings. The summed E-state index contributed by atoms with van der Waals surface area (Å²) in [7, 11) is -4.54. The van der Waals surface area contributed by atoms with Crippen LogP contribution in [0.2, 0.25) is 0 Å². The number of nitrogens with one attached hydrogen (secondary N) is 2. The second kappa shape index (κ2) is 13.1. The van der Waals surface area contributed by atoms with E-state index in [4.69, 9.17) is 5.11 Å². The van der Waals surface area contributed by atoms with Crippen molar-refractivity contribution in [2.24, 2.45) is 0 Å². The number of carbonyl (C=O) groups excluding carboxylic acids is 2. The predicted molar refractivity (Wildman–Crippen MR) is 127 cm³/mol. The third kappa shape index (κ3) is 10.4. The maximum atomic E-state index is 12.8. The highest BCUT2D eigenvalue weighted by molar-refractivity contribution is 14.1. The van der Waals surface area contributed by atoms with Crippen molar-refractivity contribution in [3.63, 3.8) is 0 Å². The molecule has 0 spiro atoms. The van der Waals surface area contributed by atoms with Crippen molar-refractivity contribution in [2.45, 2.75) is 42.6 Å². The molecule has 1 rings (SSSR count). The first-order valence-corrected chi connectivity index (χ1v) is 12.8. The fourth-order valence-electron chi connectivity index (χ4n) is 2.69. The van der Waals surface area contributed by atoms with Crippen LogP contribution in [0.3, 0.4) is 0 Å². The number of aliphatic carboxylic acids is 2. The number of carbonyl (C=O) groups is 4. The van der Waals surface area contributed by atoms with Gasteiger partial charge in [-0.1, -0.05) is 6.07 Å². The number of rotatable bonds is 13. The van der Waals surface area contributed by atoms with Gasteiger partial charge in [-0.15, -0.1) is 0 Å². The Morgan fingerprint density at radius 3 is 2.21 bits per heavy atom. The van der Waals surface area contributed by atoms with Crippen LogP contribution in [0.1, 0.15) is 18.4 Å². The molecule has 0 aliphatic heterocycles. The molecule has 8 N–H and O–H groups in total. The van der Waals surface area contributed by atoms with Crippen molar-refractivity contribution in [3.05, 3.63) is 27.3 Å². The number of quaternary nitrogens is 1. The van der Waals surface area contributed by atoms with Gasteiger partial charge in [0.1, 0.15) is 29.1 Å². The Hall–Kier alpha value is -2.15. The molecule has 0 saturated heterocycles. The summed E-state index contributed by atoms with van der Waals surface area (Å²) in [5.41, 5.74) is 4.09. The topological polar surface area (TPSA) is 238 Å². The number of hydrogen-bond acceptors (Lipinski definition) is 9. The number of phenolic OH excluding ortho intramolecular Hbond substituents is 1. The Morgan fingerprint density at radius 1 is 1.12 bits per heavy atom. The van der Waals surface area contributed by atoms with Crippen LogP contribution in [0, 0.1) is 3.57 Å². The Bertz CT molecular complexity index is 1040. The molecule has 0 radical (unpaired) electrons. The quantitative estimate of drug-likeness (QED) is 0.0712. The Kier molecular flexibility index (Phi) is 11.5. The van der Waals surface area contributed by atoms with E-state index < -0.39 is 69.4 Å². The summed E-state index contributed by atoms with van der Waals surface area (Å²) in [6.07, 6.45) is -1.33. The van der Waals surface area contributed by atoms with Gasteiger partial charge in [0.25, 0.3) is 0 Å². The zero-order chi connectivity index (χ0) is 26.2. The molecule has 0 fully saturated rings. The zero-order valence-corrected chi connectivity index (χ0v) is 21.4. The molecule has 16 heteroatoms. The van der Waals surface area contributed by atoms with Crippen molar-refractivity contribution in [2.75, 3.05) is 5.75 Å². The standard InChI is InChI=1S/C18H24IN3O10S2/c19-9-5-8(1-2-13(9)23)6-11(16(26)22-12(18(28)29)7-14(24)25)21-17(27)15(33)10(20)3-4-34(30,31)32/h1-2,5,10-12,15,23,33H,3-4,6-7,20H2,(H,21,27)(H,22,26)(H,24,25)(H,28,29)(H,30,31,32)/t10-,11+,12+,15+/m1/s1/i19-2. The first kappa shape index (κ1) is 29.9. The van der Waals surface area contributed by atoms with Gasteiger partial charge in [-0.25, -0.2) is 13.2 Å². The molecule has 1 aromatic rings. The lowest BCUT2D eigenvalue weighted by Crippen LogP contribution is -2.68. The monoisotopic (exact) mass is 631 g/mol. The molecule has 0 heterocycles. The van der Waals surface area contributed by atoms with Gasteiger partial charge in [-0.3, -0.25) is 14.4 Å². The number of carboxylic acid groups (broad SMARTS) is 2. The van der Waals surface area contributed by atoms with Crippen LogP contribution in [-0.2, 0) is 35.7 Å². The van der Waals surface area contributed by atoms with Crippen LogP contribution >= 0.6 is 35.2 Å². The molecule has 1 aromatic carbocycles. The van der Waals surface area contributed by atoms with E-state index in [1.54, 1.807) is 0 Å². The van der Waals surface area contributed by atoms with Gasteiger partial charge >= 0.3 is 11.9 Å². The van der Waals surface area contributed by atoms with Crippen LogP contribution in [0.4, 0.5) is 0 Å². The molecule has 0 saturated carbocycles. The Morgan fingerprint density at radius 2 is 1.71 bits per heavy atom. The normalized spacial score (nSPS) is 14.9. The number of aromatic hydroxyl groups is 1. The SMILES string of the molecule is [NH3+][C@H](CCS(=O)(=O)[O-])[C@H](S)C(=O)N[C@@H](Cc1ccc(O)c([125I])c1)C(=O)N[C@@H](CC(=O)O)C(=O)O. The van der Waals surface area contributed by atoms with Crippen molar-refractivity contribution in [1.29, 1.82) is 0 Å². The Labute approximate surface area is 213 Å². The number of carboxylic acids is 2. The number of halogens is 1. The number of thiol groups is 1. The molecule has 0 bridgehead atoms. The summed E-state index contributed by atoms with van der Waals surface area (Å²) >= 11 is 5.93. The molecule has 0 unspecified atom stereocenters. The number of phenols is 1. The summed E-state index contributed by atoms with van der Waals surface area (Å²) < 4.78 is 32.9. The predicted octanol–water partition coefficient (Wildman–Crippen LogP) is -2.09. The Balaban J connectivity index is 3.08. The highest BCUT2D eigenvalue weighted by Gasteiger charge is 2.32. The molecule has 34 heavy (non-hydrogen) atoms. The number of benzene rings is 1. The van der Waals surface area contributed by atoms with E-state index in [0.717, 1.165) is 0 Å². The first-order chi connectivity index (χ1) is 15.6. The van der Waals surface area contributed by atoms with E-state index >= 15 is 0 Å². The molecule has 2 amide bonds. The molecular weight excluding hydrogens is 607 g/mol. The summed E-state index contributed by atoms with van der Waals surface area (Å²) in [6.45, 7) is 0. The minimum Gasteiger partial charge on any atom is -0.748 e. The van der Waals surface area contributed by atoms with Crippen LogP contribution in [-0.4, -0.2) is 81.2 Å². The van der Waals surface area contributed by atoms with E-state index in [-0.39, 0.29) is 18.6 Å². The molecular formula is C18H24IN3O10S2. The van der Waals surface area contributed by atoms with Crippen molar-refractivity contribution < 1.29 is 53.2 Å². The van der Waals surface area contributed by atoms with Gasteiger partial charge in [0.2, 0.25) is 11.8 Å². The molecule has 13 nitrogen and oxygen atoms in total. The van der Waals surface area contributed by atoms with Crippen molar-refractivity contribution in [1.82, 2.24) is 10.6 Å². The van der Waals surface area contributed by atoms with E-state index in [9.17, 15) is 42.4 Å². The fourth-order valence-corrected chi connectivity index (χ4v) is 4.09. The van der Waals surface area contributed by atoms with Crippen LogP contribution in [0.25, 0.3) is 0 Å². The lowest BCUT2D eigenvalue weighted by atomic mass is 10.0. The molecule has 4 atom stereocenters. The number of amides is 2. The summed E-state index contributed by atoms with van der Waals surface area (Å²) in [5.74, 6) is -5.69. The third-order valence-corrected chi connectivity index (χ3v) is 6.79. The second-order valence-electron chi connectivity index (χ2n) is 7.30. The van der Waals surface area contributed by atoms with Crippen LogP contribution in [0.15, 0.2) is 18.2 Å².